The number of nitrogens with two attached hydrogens (primary N) is 2. The number of fused-ring (bicyclic) bond motifs is 3. The second-order valence-electron chi connectivity index (χ2n) is 8.50. The topological polar surface area (TPSA) is 145 Å². The maximum atomic E-state index is 13.1. The molecule has 34 heavy (non-hydrogen) atoms. The van der Waals surface area contributed by atoms with Crippen molar-refractivity contribution in [3.8, 4) is 11.1 Å². The molecule has 3 rings (SSSR count). The number of hydrogen-bond donors (Lipinski definition) is 4. The van der Waals surface area contributed by atoms with Gasteiger partial charge in [-0.15, -0.1) is 0 Å². The molecule has 1 amide bonds. The Balaban J connectivity index is 1.69. The highest BCUT2D eigenvalue weighted by Gasteiger charge is 2.43. The highest BCUT2D eigenvalue weighted by Crippen LogP contribution is 2.44. The normalized spacial score (nSPS) is 14.1. The van der Waals surface area contributed by atoms with Crippen LogP contribution in [0.1, 0.15) is 49.1 Å². The second kappa shape index (κ2) is 11.9. The predicted molar refractivity (Wildman–Crippen MR) is 128 cm³/mol. The molecule has 0 aromatic heterocycles. The van der Waals surface area contributed by atoms with Gasteiger partial charge in [0.05, 0.1) is 0 Å². The van der Waals surface area contributed by atoms with Crippen LogP contribution in [0.25, 0.3) is 11.1 Å². The molecule has 1 radical (unpaired) electrons. The summed E-state index contributed by atoms with van der Waals surface area (Å²) in [6.45, 7) is 1.13. The number of aliphatic hydroxyl groups is 1. The molecular weight excluding hydrogens is 434 g/mol. The number of ether oxygens (including phenoxy) is 1. The first-order valence-electron chi connectivity index (χ1n) is 11.5. The first kappa shape index (κ1) is 25.6. The highest BCUT2D eigenvalue weighted by atomic mass is 16.5. The molecular formula is C26H32N3O5. The molecule has 0 spiro atoms. The van der Waals surface area contributed by atoms with Crippen molar-refractivity contribution in [3.05, 3.63) is 66.3 Å². The Kier molecular flexibility index (Phi) is 8.92. The Morgan fingerprint density at radius 3 is 2.21 bits per heavy atom. The summed E-state index contributed by atoms with van der Waals surface area (Å²) in [5, 5.41) is 11.3. The van der Waals surface area contributed by atoms with E-state index in [9.17, 15) is 14.4 Å². The van der Waals surface area contributed by atoms with Crippen LogP contribution in [-0.4, -0.2) is 48.0 Å². The van der Waals surface area contributed by atoms with Crippen LogP contribution in [0.2, 0.25) is 0 Å². The molecule has 181 valence electrons. The molecule has 2 aromatic rings. The van der Waals surface area contributed by atoms with Gasteiger partial charge in [0.1, 0.15) is 13.2 Å². The molecule has 6 N–H and O–H groups in total. The number of carbonyl (C=O) groups excluding carboxylic acids is 3. The lowest BCUT2D eigenvalue weighted by Gasteiger charge is -2.27. The molecule has 0 bridgehead atoms. The molecule has 8 nitrogen and oxygen atoms in total. The van der Waals surface area contributed by atoms with Crippen LogP contribution < -0.4 is 16.8 Å². The Bertz CT molecular complexity index is 980. The summed E-state index contributed by atoms with van der Waals surface area (Å²) in [5.74, 6) is -2.02. The van der Waals surface area contributed by atoms with E-state index in [1.807, 2.05) is 48.5 Å². The Hall–Kier alpha value is -3.07. The standard InChI is InChI=1S/C26H32N3O5/c27-14-6-5-13-26(28,24(32)29-15-7-8-18(31)16-30)25(33)34-17-23-21-11-3-1-9-19(21)20-10-2-4-12-22(20)23/h1-4,9-12,16,23,30H,5-8,13-15,17,27-28H2,(H,29,32)/t26-/m0/s1. The van der Waals surface area contributed by atoms with Crippen LogP contribution in [0.4, 0.5) is 0 Å². The molecule has 0 heterocycles. The summed E-state index contributed by atoms with van der Waals surface area (Å²) in [5.41, 5.74) is 14.4. The fourth-order valence-corrected chi connectivity index (χ4v) is 4.27. The van der Waals surface area contributed by atoms with Gasteiger partial charge in [-0.25, -0.2) is 4.79 Å². The summed E-state index contributed by atoms with van der Waals surface area (Å²) < 4.78 is 5.67. The highest BCUT2D eigenvalue weighted by molar-refractivity contribution is 6.07. The quantitative estimate of drug-likeness (QED) is 0.201. The van der Waals surface area contributed by atoms with Gasteiger partial charge >= 0.3 is 5.97 Å². The van der Waals surface area contributed by atoms with E-state index in [2.05, 4.69) is 5.32 Å². The van der Waals surface area contributed by atoms with Gasteiger partial charge in [0.15, 0.2) is 11.3 Å². The van der Waals surface area contributed by atoms with Crippen LogP contribution in [0.15, 0.2) is 48.5 Å². The van der Waals surface area contributed by atoms with Gasteiger partial charge in [-0.3, -0.25) is 9.59 Å². The lowest BCUT2D eigenvalue weighted by molar-refractivity contribution is -0.155. The lowest BCUT2D eigenvalue weighted by Crippen LogP contribution is -2.60. The summed E-state index contributed by atoms with van der Waals surface area (Å²) in [6.07, 6.45) is 1.58. The molecule has 0 aliphatic heterocycles. The van der Waals surface area contributed by atoms with E-state index in [0.29, 0.717) is 32.4 Å². The molecule has 0 unspecified atom stereocenters. The zero-order valence-electron chi connectivity index (χ0n) is 19.2. The Morgan fingerprint density at radius 1 is 1.00 bits per heavy atom. The molecule has 0 fully saturated rings. The summed E-state index contributed by atoms with van der Waals surface area (Å²) in [4.78, 5) is 37.2. The van der Waals surface area contributed by atoms with Crippen molar-refractivity contribution >= 4 is 17.7 Å². The van der Waals surface area contributed by atoms with Crippen molar-refractivity contribution in [2.45, 2.75) is 43.6 Å². The van der Waals surface area contributed by atoms with E-state index < -0.39 is 23.2 Å². The van der Waals surface area contributed by atoms with Crippen molar-refractivity contribution in [1.29, 1.82) is 0 Å². The number of benzene rings is 2. The zero-order chi connectivity index (χ0) is 24.6. The number of nitrogens with one attached hydrogen (secondary N) is 1. The monoisotopic (exact) mass is 466 g/mol. The van der Waals surface area contributed by atoms with E-state index >= 15 is 0 Å². The van der Waals surface area contributed by atoms with Crippen molar-refractivity contribution in [3.63, 3.8) is 0 Å². The van der Waals surface area contributed by atoms with Gasteiger partial charge in [-0.05, 0) is 54.5 Å². The molecule has 1 aliphatic carbocycles. The van der Waals surface area contributed by atoms with Gasteiger partial charge in [0.25, 0.3) is 5.91 Å². The number of esters is 1. The number of aliphatic hydroxyl groups excluding tert-OH is 1. The summed E-state index contributed by atoms with van der Waals surface area (Å²) in [6, 6.07) is 16.0. The minimum Gasteiger partial charge on any atom is -0.463 e. The maximum absolute atomic E-state index is 13.1. The van der Waals surface area contributed by atoms with Crippen molar-refractivity contribution in [2.75, 3.05) is 19.7 Å². The lowest BCUT2D eigenvalue weighted by atomic mass is 9.92. The van der Waals surface area contributed by atoms with Crippen LogP contribution >= 0.6 is 0 Å². The third-order valence-corrected chi connectivity index (χ3v) is 6.17. The average molecular weight is 467 g/mol. The smallest absolute Gasteiger partial charge is 0.335 e. The number of carbonyl (C=O) groups is 3. The number of unbranched alkanes of at least 4 members (excludes halogenated alkanes) is 1. The summed E-state index contributed by atoms with van der Waals surface area (Å²) >= 11 is 0. The number of rotatable bonds is 13. The SMILES string of the molecule is NCCCC[C@](N)(C(=O)NCCCC(=O)[CH]O)C(=O)OCC1c2ccccc2-c2ccccc21. The molecule has 8 heteroatoms. The van der Waals surface area contributed by atoms with Crippen LogP contribution in [0.3, 0.4) is 0 Å². The van der Waals surface area contributed by atoms with Crippen molar-refractivity contribution in [1.82, 2.24) is 5.32 Å². The van der Waals surface area contributed by atoms with Crippen molar-refractivity contribution in [2.24, 2.45) is 11.5 Å². The van der Waals surface area contributed by atoms with E-state index in [-0.39, 0.29) is 31.9 Å². The number of amides is 1. The van der Waals surface area contributed by atoms with E-state index in [0.717, 1.165) is 22.3 Å². The van der Waals surface area contributed by atoms with Gasteiger partial charge < -0.3 is 26.6 Å². The molecule has 2 aromatic carbocycles. The summed E-state index contributed by atoms with van der Waals surface area (Å²) in [7, 11) is 0. The first-order valence-corrected chi connectivity index (χ1v) is 11.5. The fraction of sp³-hybridized carbons (Fsp3) is 0.385. The Morgan fingerprint density at radius 2 is 1.62 bits per heavy atom. The fourth-order valence-electron chi connectivity index (χ4n) is 4.27. The largest absolute Gasteiger partial charge is 0.463 e. The third kappa shape index (κ3) is 5.70. The maximum Gasteiger partial charge on any atom is 0.335 e. The molecule has 0 saturated carbocycles. The van der Waals surface area contributed by atoms with E-state index in [1.54, 1.807) is 0 Å². The van der Waals surface area contributed by atoms with Crippen LogP contribution in [0, 0.1) is 6.61 Å². The zero-order valence-corrected chi connectivity index (χ0v) is 19.2. The number of ketones is 1. The van der Waals surface area contributed by atoms with Gasteiger partial charge in [0, 0.05) is 18.9 Å². The number of hydrogen-bond acceptors (Lipinski definition) is 7. The first-order chi connectivity index (χ1) is 16.4. The second-order valence-corrected chi connectivity index (χ2v) is 8.50. The molecule has 1 atom stereocenters. The van der Waals surface area contributed by atoms with Crippen molar-refractivity contribution < 1.29 is 24.2 Å². The number of Topliss-reactive ketones (excluding diaryl/α,β-unsaturated/α-hetero) is 1. The molecule has 1 aliphatic rings. The minimum absolute atomic E-state index is 0.0663. The Labute approximate surface area is 199 Å². The van der Waals surface area contributed by atoms with Gasteiger partial charge in [0.2, 0.25) is 0 Å². The van der Waals surface area contributed by atoms with Gasteiger partial charge in [-0.2, -0.15) is 0 Å². The minimum atomic E-state index is -1.86. The molecule has 0 saturated heterocycles. The van der Waals surface area contributed by atoms with E-state index in [4.69, 9.17) is 21.3 Å². The van der Waals surface area contributed by atoms with Crippen LogP contribution in [0.5, 0.6) is 0 Å². The predicted octanol–water partition coefficient (Wildman–Crippen LogP) is 2.17. The third-order valence-electron chi connectivity index (χ3n) is 6.17. The van der Waals surface area contributed by atoms with E-state index in [1.165, 1.54) is 0 Å². The van der Waals surface area contributed by atoms with Crippen LogP contribution in [-0.2, 0) is 19.1 Å². The van der Waals surface area contributed by atoms with Gasteiger partial charge in [-0.1, -0.05) is 48.5 Å². The average Bonchev–Trinajstić information content (AvgIpc) is 3.18.